The molecule has 2 N–H and O–H groups in total. The largest absolute Gasteiger partial charge is 0.396 e. The van der Waals surface area contributed by atoms with Crippen LogP contribution in [-0.4, -0.2) is 21.9 Å². The molecule has 1 rings (SSSR count). The second-order valence-corrected chi connectivity index (χ2v) is 3.01. The van der Waals surface area contributed by atoms with E-state index in [9.17, 15) is 0 Å². The maximum Gasteiger partial charge on any atom is 0.0862 e. The number of aryl methyl sites for hydroxylation is 1. The third kappa shape index (κ3) is 1.54. The van der Waals surface area contributed by atoms with Gasteiger partial charge in [-0.25, -0.2) is 0 Å². The molecular weight excluding hydrogens is 164 g/mol. The highest BCUT2D eigenvalue weighted by molar-refractivity contribution is 6.31. The van der Waals surface area contributed by atoms with Crippen molar-refractivity contribution in [3.63, 3.8) is 0 Å². The smallest absolute Gasteiger partial charge is 0.0862 e. The molecule has 0 aliphatic rings. The summed E-state index contributed by atoms with van der Waals surface area (Å²) in [5.74, 6) is 0.00690. The normalized spacial score (nSPS) is 13.5. The van der Waals surface area contributed by atoms with Crippen molar-refractivity contribution in [2.45, 2.75) is 19.8 Å². The standard InChI is InChI=1S/C7H11ClN2O/c1-4(3-11)7-6(8)5(2)9-10-7/h4,11H,3H2,1-2H3,(H,9,10). The van der Waals surface area contributed by atoms with Crippen LogP contribution in [0.5, 0.6) is 0 Å². The second-order valence-electron chi connectivity index (χ2n) is 2.63. The molecule has 0 fully saturated rings. The number of nitrogens with zero attached hydrogens (tertiary/aromatic N) is 1. The maximum absolute atomic E-state index is 8.81. The van der Waals surface area contributed by atoms with E-state index in [1.165, 1.54) is 0 Å². The average Bonchev–Trinajstić information content (AvgIpc) is 2.32. The van der Waals surface area contributed by atoms with Gasteiger partial charge in [0, 0.05) is 5.92 Å². The zero-order chi connectivity index (χ0) is 8.43. The van der Waals surface area contributed by atoms with Gasteiger partial charge in [-0.3, -0.25) is 5.10 Å². The fourth-order valence-electron chi connectivity index (χ4n) is 0.847. The molecule has 1 aromatic heterocycles. The Balaban J connectivity index is 2.94. The van der Waals surface area contributed by atoms with Gasteiger partial charge in [-0.05, 0) is 6.92 Å². The van der Waals surface area contributed by atoms with Crippen molar-refractivity contribution < 1.29 is 5.11 Å². The Kier molecular flexibility index (Phi) is 2.52. The summed E-state index contributed by atoms with van der Waals surface area (Å²) >= 11 is 5.88. The summed E-state index contributed by atoms with van der Waals surface area (Å²) in [5.41, 5.74) is 1.59. The van der Waals surface area contributed by atoms with Gasteiger partial charge < -0.3 is 5.11 Å². The predicted octanol–water partition coefficient (Wildman–Crippen LogP) is 1.47. The molecule has 1 atom stereocenters. The van der Waals surface area contributed by atoms with Gasteiger partial charge in [0.15, 0.2) is 0 Å². The summed E-state index contributed by atoms with van der Waals surface area (Å²) in [6.45, 7) is 3.80. The molecular formula is C7H11ClN2O. The van der Waals surface area contributed by atoms with Crippen LogP contribution >= 0.6 is 11.6 Å². The zero-order valence-electron chi connectivity index (χ0n) is 6.56. The van der Waals surface area contributed by atoms with Crippen molar-refractivity contribution in [1.29, 1.82) is 0 Å². The van der Waals surface area contributed by atoms with Crippen LogP contribution in [0.2, 0.25) is 5.02 Å². The van der Waals surface area contributed by atoms with Gasteiger partial charge in [-0.1, -0.05) is 18.5 Å². The summed E-state index contributed by atoms with van der Waals surface area (Å²) < 4.78 is 0. The van der Waals surface area contributed by atoms with E-state index in [2.05, 4.69) is 10.2 Å². The molecule has 0 saturated carbocycles. The van der Waals surface area contributed by atoms with Crippen LogP contribution in [0, 0.1) is 6.92 Å². The van der Waals surface area contributed by atoms with Gasteiger partial charge in [-0.2, -0.15) is 5.10 Å². The van der Waals surface area contributed by atoms with E-state index in [1.54, 1.807) is 0 Å². The Morgan fingerprint density at radius 1 is 1.73 bits per heavy atom. The molecule has 0 spiro atoms. The maximum atomic E-state index is 8.81. The number of rotatable bonds is 2. The minimum atomic E-state index is 0.00690. The highest BCUT2D eigenvalue weighted by Crippen LogP contribution is 2.23. The fourth-order valence-corrected chi connectivity index (χ4v) is 1.12. The molecule has 0 amide bonds. The SMILES string of the molecule is Cc1[nH]nc(C(C)CO)c1Cl. The lowest BCUT2D eigenvalue weighted by atomic mass is 10.1. The van der Waals surface area contributed by atoms with Gasteiger partial charge in [0.25, 0.3) is 0 Å². The van der Waals surface area contributed by atoms with Crippen LogP contribution in [-0.2, 0) is 0 Å². The highest BCUT2D eigenvalue weighted by atomic mass is 35.5. The minimum Gasteiger partial charge on any atom is -0.396 e. The number of nitrogens with one attached hydrogen (secondary N) is 1. The predicted molar refractivity (Wildman–Crippen MR) is 43.8 cm³/mol. The molecule has 62 valence electrons. The van der Waals surface area contributed by atoms with Crippen LogP contribution < -0.4 is 0 Å². The first-order chi connectivity index (χ1) is 5.16. The van der Waals surface area contributed by atoms with Crippen molar-refractivity contribution >= 4 is 11.6 Å². The van der Waals surface area contributed by atoms with Crippen LogP contribution in [0.25, 0.3) is 0 Å². The summed E-state index contributed by atoms with van der Waals surface area (Å²) in [4.78, 5) is 0. The van der Waals surface area contributed by atoms with Crippen LogP contribution in [0.1, 0.15) is 24.2 Å². The number of aliphatic hydroxyl groups is 1. The topological polar surface area (TPSA) is 48.9 Å². The quantitative estimate of drug-likeness (QED) is 0.714. The lowest BCUT2D eigenvalue weighted by Gasteiger charge is -2.02. The first-order valence-corrected chi connectivity index (χ1v) is 3.85. The summed E-state index contributed by atoms with van der Waals surface area (Å²) in [7, 11) is 0. The summed E-state index contributed by atoms with van der Waals surface area (Å²) in [5, 5.41) is 16.2. The van der Waals surface area contributed by atoms with Crippen LogP contribution in [0.15, 0.2) is 0 Å². The molecule has 1 heterocycles. The molecule has 11 heavy (non-hydrogen) atoms. The van der Waals surface area contributed by atoms with Crippen LogP contribution in [0.3, 0.4) is 0 Å². The van der Waals surface area contributed by atoms with Gasteiger partial charge in [0.1, 0.15) is 0 Å². The number of aromatic amines is 1. The molecule has 0 saturated heterocycles. The van der Waals surface area contributed by atoms with E-state index in [0.717, 1.165) is 11.4 Å². The summed E-state index contributed by atoms with van der Waals surface area (Å²) in [6.07, 6.45) is 0. The number of aliphatic hydroxyl groups excluding tert-OH is 1. The Morgan fingerprint density at radius 3 is 2.73 bits per heavy atom. The lowest BCUT2D eigenvalue weighted by molar-refractivity contribution is 0.271. The molecule has 0 aliphatic heterocycles. The van der Waals surface area contributed by atoms with E-state index < -0.39 is 0 Å². The molecule has 0 aliphatic carbocycles. The number of H-pyrrole nitrogens is 1. The number of hydrogen-bond donors (Lipinski definition) is 2. The summed E-state index contributed by atoms with van der Waals surface area (Å²) in [6, 6.07) is 0. The Hall–Kier alpha value is -0.540. The highest BCUT2D eigenvalue weighted by Gasteiger charge is 2.13. The Morgan fingerprint density at radius 2 is 2.36 bits per heavy atom. The number of aromatic nitrogens is 2. The first kappa shape index (κ1) is 8.56. The van der Waals surface area contributed by atoms with E-state index in [-0.39, 0.29) is 12.5 Å². The minimum absolute atomic E-state index is 0.00690. The van der Waals surface area contributed by atoms with Crippen molar-refractivity contribution in [2.24, 2.45) is 0 Å². The van der Waals surface area contributed by atoms with E-state index >= 15 is 0 Å². The Labute approximate surface area is 70.4 Å². The van der Waals surface area contributed by atoms with E-state index in [0.29, 0.717) is 5.02 Å². The second kappa shape index (κ2) is 3.24. The third-order valence-corrected chi connectivity index (χ3v) is 2.12. The molecule has 0 radical (unpaired) electrons. The molecule has 1 unspecified atom stereocenters. The van der Waals surface area contributed by atoms with E-state index in [4.69, 9.17) is 16.7 Å². The van der Waals surface area contributed by atoms with Crippen molar-refractivity contribution in [2.75, 3.05) is 6.61 Å². The third-order valence-electron chi connectivity index (χ3n) is 1.64. The zero-order valence-corrected chi connectivity index (χ0v) is 7.31. The Bertz CT molecular complexity index is 247. The average molecular weight is 175 g/mol. The number of hydrogen-bond acceptors (Lipinski definition) is 2. The van der Waals surface area contributed by atoms with Crippen molar-refractivity contribution in [3.05, 3.63) is 16.4 Å². The molecule has 0 bridgehead atoms. The van der Waals surface area contributed by atoms with Gasteiger partial charge >= 0.3 is 0 Å². The number of halogens is 1. The first-order valence-electron chi connectivity index (χ1n) is 3.48. The van der Waals surface area contributed by atoms with Gasteiger partial charge in [0.2, 0.25) is 0 Å². The van der Waals surface area contributed by atoms with Gasteiger partial charge in [-0.15, -0.1) is 0 Å². The molecule has 4 heteroatoms. The van der Waals surface area contributed by atoms with E-state index in [1.807, 2.05) is 13.8 Å². The molecule has 1 aromatic rings. The molecule has 3 nitrogen and oxygen atoms in total. The van der Waals surface area contributed by atoms with Crippen molar-refractivity contribution in [1.82, 2.24) is 10.2 Å². The lowest BCUT2D eigenvalue weighted by Crippen LogP contribution is -1.99. The van der Waals surface area contributed by atoms with Gasteiger partial charge in [0.05, 0.1) is 23.0 Å². The van der Waals surface area contributed by atoms with Crippen molar-refractivity contribution in [3.8, 4) is 0 Å². The fraction of sp³-hybridized carbons (Fsp3) is 0.571. The monoisotopic (exact) mass is 174 g/mol. The van der Waals surface area contributed by atoms with Crippen LogP contribution in [0.4, 0.5) is 0 Å². The molecule has 0 aromatic carbocycles.